The Labute approximate surface area is 128 Å². The van der Waals surface area contributed by atoms with E-state index in [1.54, 1.807) is 0 Å². The lowest BCUT2D eigenvalue weighted by Gasteiger charge is -2.16. The predicted molar refractivity (Wildman–Crippen MR) is 87.0 cm³/mol. The minimum Gasteiger partial charge on any atom is -0.465 e. The molecule has 21 heavy (non-hydrogen) atoms. The fourth-order valence-corrected chi connectivity index (χ4v) is 2.38. The number of hydrogen-bond donors (Lipinski definition) is 1. The molecule has 0 unspecified atom stereocenters. The van der Waals surface area contributed by atoms with Crippen LogP contribution in [0.1, 0.15) is 36.5 Å². The van der Waals surface area contributed by atoms with Crippen LogP contribution in [0.4, 0.5) is 0 Å². The molecule has 0 atom stereocenters. The van der Waals surface area contributed by atoms with Gasteiger partial charge in [0.1, 0.15) is 11.5 Å². The third kappa shape index (κ3) is 5.03. The molecule has 1 aromatic heterocycles. The van der Waals surface area contributed by atoms with Crippen molar-refractivity contribution in [2.45, 2.75) is 46.4 Å². The molecule has 2 aromatic rings. The van der Waals surface area contributed by atoms with Gasteiger partial charge in [0.25, 0.3) is 0 Å². The van der Waals surface area contributed by atoms with Crippen molar-refractivity contribution in [1.29, 1.82) is 0 Å². The van der Waals surface area contributed by atoms with Gasteiger partial charge in [-0.15, -0.1) is 0 Å². The third-order valence-electron chi connectivity index (χ3n) is 3.49. The van der Waals surface area contributed by atoms with Crippen LogP contribution in [-0.2, 0) is 19.6 Å². The van der Waals surface area contributed by atoms with Crippen LogP contribution < -0.4 is 5.32 Å². The molecule has 2 rings (SSSR count). The Hall–Kier alpha value is -1.58. The van der Waals surface area contributed by atoms with E-state index in [0.29, 0.717) is 6.04 Å². The number of nitrogens with zero attached hydrogens (tertiary/aromatic N) is 1. The van der Waals surface area contributed by atoms with Crippen LogP contribution in [0.25, 0.3) is 0 Å². The van der Waals surface area contributed by atoms with Crippen molar-refractivity contribution in [2.75, 3.05) is 7.05 Å². The molecule has 0 aliphatic carbocycles. The second-order valence-corrected chi connectivity index (χ2v) is 5.99. The molecule has 114 valence electrons. The van der Waals surface area contributed by atoms with E-state index in [4.69, 9.17) is 4.42 Å². The molecule has 0 saturated carbocycles. The van der Waals surface area contributed by atoms with Gasteiger partial charge in [0.05, 0.1) is 6.54 Å². The first kappa shape index (κ1) is 15.8. The minimum atomic E-state index is 0.472. The quantitative estimate of drug-likeness (QED) is 0.841. The van der Waals surface area contributed by atoms with E-state index >= 15 is 0 Å². The highest BCUT2D eigenvalue weighted by Crippen LogP contribution is 2.17. The summed E-state index contributed by atoms with van der Waals surface area (Å²) in [7, 11) is 2.14. The summed E-state index contributed by atoms with van der Waals surface area (Å²) in [6.45, 7) is 8.98. The van der Waals surface area contributed by atoms with Crippen LogP contribution in [0.5, 0.6) is 0 Å². The topological polar surface area (TPSA) is 28.4 Å². The maximum Gasteiger partial charge on any atom is 0.118 e. The Bertz CT molecular complexity index is 546. The van der Waals surface area contributed by atoms with Crippen LogP contribution in [0.3, 0.4) is 0 Å². The second-order valence-electron chi connectivity index (χ2n) is 5.99. The Morgan fingerprint density at radius 3 is 2.52 bits per heavy atom. The molecule has 0 amide bonds. The first-order valence-electron chi connectivity index (χ1n) is 7.58. The van der Waals surface area contributed by atoms with Gasteiger partial charge in [-0.2, -0.15) is 0 Å². The summed E-state index contributed by atoms with van der Waals surface area (Å²) in [5.74, 6) is 2.04. The van der Waals surface area contributed by atoms with E-state index in [9.17, 15) is 0 Å². The number of aryl methyl sites for hydroxylation is 1. The lowest BCUT2D eigenvalue weighted by molar-refractivity contribution is 0.316. The molecular formula is C18H26N2O. The van der Waals surface area contributed by atoms with Crippen molar-refractivity contribution in [2.24, 2.45) is 0 Å². The smallest absolute Gasteiger partial charge is 0.118 e. The number of rotatable bonds is 7. The summed E-state index contributed by atoms with van der Waals surface area (Å²) in [6.07, 6.45) is 0. The third-order valence-corrected chi connectivity index (χ3v) is 3.49. The van der Waals surface area contributed by atoms with Gasteiger partial charge in [-0.1, -0.05) is 44.2 Å². The predicted octanol–water partition coefficient (Wildman–Crippen LogP) is 3.72. The molecule has 1 heterocycles. The molecule has 0 aliphatic heterocycles. The summed E-state index contributed by atoms with van der Waals surface area (Å²) in [4.78, 5) is 2.31. The minimum absolute atomic E-state index is 0.472. The van der Waals surface area contributed by atoms with Gasteiger partial charge in [-0.3, -0.25) is 4.90 Å². The molecule has 3 heteroatoms. The van der Waals surface area contributed by atoms with E-state index in [0.717, 1.165) is 31.2 Å². The molecule has 3 nitrogen and oxygen atoms in total. The zero-order chi connectivity index (χ0) is 15.2. The van der Waals surface area contributed by atoms with Crippen LogP contribution in [0.15, 0.2) is 40.8 Å². The molecule has 1 N–H and O–H groups in total. The van der Waals surface area contributed by atoms with Gasteiger partial charge < -0.3 is 9.73 Å². The van der Waals surface area contributed by atoms with Crippen LogP contribution in [0.2, 0.25) is 0 Å². The van der Waals surface area contributed by atoms with Crippen molar-refractivity contribution < 1.29 is 4.42 Å². The molecular weight excluding hydrogens is 260 g/mol. The molecule has 0 radical (unpaired) electrons. The molecule has 0 bridgehead atoms. The van der Waals surface area contributed by atoms with E-state index in [2.05, 4.69) is 67.5 Å². The molecule has 0 fully saturated rings. The average Bonchev–Trinajstić information content (AvgIpc) is 2.78. The Balaban J connectivity index is 1.92. The molecule has 0 spiro atoms. The highest BCUT2D eigenvalue weighted by Gasteiger charge is 2.10. The van der Waals surface area contributed by atoms with Gasteiger partial charge in [0.2, 0.25) is 0 Å². The Morgan fingerprint density at radius 1 is 1.14 bits per heavy atom. The van der Waals surface area contributed by atoms with Gasteiger partial charge in [-0.05, 0) is 25.6 Å². The first-order chi connectivity index (χ1) is 10.0. The van der Waals surface area contributed by atoms with Crippen molar-refractivity contribution in [3.63, 3.8) is 0 Å². The van der Waals surface area contributed by atoms with E-state index in [1.165, 1.54) is 11.1 Å². The number of benzene rings is 1. The van der Waals surface area contributed by atoms with Crippen molar-refractivity contribution >= 4 is 0 Å². The lowest BCUT2D eigenvalue weighted by atomic mass is 10.2. The van der Waals surface area contributed by atoms with Crippen molar-refractivity contribution in [3.05, 3.63) is 59.0 Å². The van der Waals surface area contributed by atoms with Crippen molar-refractivity contribution in [1.82, 2.24) is 10.2 Å². The van der Waals surface area contributed by atoms with Gasteiger partial charge in [0.15, 0.2) is 0 Å². The molecule has 1 aromatic carbocycles. The molecule has 0 aliphatic rings. The molecule has 0 saturated heterocycles. The normalized spacial score (nSPS) is 11.5. The first-order valence-corrected chi connectivity index (χ1v) is 7.58. The highest BCUT2D eigenvalue weighted by atomic mass is 16.3. The average molecular weight is 286 g/mol. The fourth-order valence-electron chi connectivity index (χ4n) is 2.38. The summed E-state index contributed by atoms with van der Waals surface area (Å²) >= 11 is 0. The van der Waals surface area contributed by atoms with E-state index < -0.39 is 0 Å². The summed E-state index contributed by atoms with van der Waals surface area (Å²) in [6, 6.07) is 13.2. The van der Waals surface area contributed by atoms with E-state index in [-0.39, 0.29) is 0 Å². The van der Waals surface area contributed by atoms with Crippen LogP contribution in [0, 0.1) is 6.92 Å². The van der Waals surface area contributed by atoms with E-state index in [1.807, 2.05) is 6.92 Å². The Kier molecular flexibility index (Phi) is 5.59. The van der Waals surface area contributed by atoms with Crippen LogP contribution >= 0.6 is 0 Å². The largest absolute Gasteiger partial charge is 0.465 e. The number of hydrogen-bond acceptors (Lipinski definition) is 3. The van der Waals surface area contributed by atoms with Gasteiger partial charge in [0, 0.05) is 24.7 Å². The number of furan rings is 1. The second kappa shape index (κ2) is 7.43. The zero-order valence-electron chi connectivity index (χ0n) is 13.5. The zero-order valence-corrected chi connectivity index (χ0v) is 13.5. The van der Waals surface area contributed by atoms with Crippen molar-refractivity contribution in [3.8, 4) is 0 Å². The SMILES string of the molecule is Cc1oc(CNC(C)C)cc1CN(C)Cc1ccccc1. The summed E-state index contributed by atoms with van der Waals surface area (Å²) in [5.41, 5.74) is 2.61. The standard InChI is InChI=1S/C18H26N2O/c1-14(2)19-11-18-10-17(15(3)21-18)13-20(4)12-16-8-6-5-7-9-16/h5-10,14,19H,11-13H2,1-4H3. The lowest BCUT2D eigenvalue weighted by Crippen LogP contribution is -2.21. The summed E-state index contributed by atoms with van der Waals surface area (Å²) in [5, 5.41) is 3.39. The fraction of sp³-hybridized carbons (Fsp3) is 0.444. The van der Waals surface area contributed by atoms with Gasteiger partial charge >= 0.3 is 0 Å². The maximum absolute atomic E-state index is 5.83. The van der Waals surface area contributed by atoms with Gasteiger partial charge in [-0.25, -0.2) is 0 Å². The highest BCUT2D eigenvalue weighted by molar-refractivity contribution is 5.21. The Morgan fingerprint density at radius 2 is 1.86 bits per heavy atom. The maximum atomic E-state index is 5.83. The number of nitrogens with one attached hydrogen (secondary N) is 1. The monoisotopic (exact) mass is 286 g/mol. The summed E-state index contributed by atoms with van der Waals surface area (Å²) < 4.78 is 5.83. The van der Waals surface area contributed by atoms with Crippen LogP contribution in [-0.4, -0.2) is 18.0 Å².